The van der Waals surface area contributed by atoms with Crippen LogP contribution in [0.5, 0.6) is 0 Å². The zero-order valence-electron chi connectivity index (χ0n) is 18.4. The van der Waals surface area contributed by atoms with E-state index in [2.05, 4.69) is 10.6 Å². The molecular formula is C24H24ClN3O4S. The fourth-order valence-electron chi connectivity index (χ4n) is 3.22. The quantitative estimate of drug-likeness (QED) is 0.525. The van der Waals surface area contributed by atoms with Gasteiger partial charge in [-0.1, -0.05) is 41.9 Å². The third-order valence-electron chi connectivity index (χ3n) is 5.08. The zero-order chi connectivity index (χ0) is 24.2. The summed E-state index contributed by atoms with van der Waals surface area (Å²) in [5, 5.41) is 5.72. The van der Waals surface area contributed by atoms with E-state index >= 15 is 0 Å². The molecule has 2 amide bonds. The molecule has 3 aromatic carbocycles. The Hall–Kier alpha value is -3.36. The van der Waals surface area contributed by atoms with Crippen molar-refractivity contribution in [2.24, 2.45) is 0 Å². The lowest BCUT2D eigenvalue weighted by molar-refractivity contribution is -0.115. The number of carbonyl (C=O) groups excluding carboxylic acids is 2. The van der Waals surface area contributed by atoms with Gasteiger partial charge in [0, 0.05) is 23.3 Å². The Bertz CT molecular complexity index is 1290. The molecule has 0 bridgehead atoms. The topological polar surface area (TPSA) is 95.6 Å². The molecule has 0 aliphatic carbocycles. The minimum absolute atomic E-state index is 0.0578. The van der Waals surface area contributed by atoms with Gasteiger partial charge in [0.1, 0.15) is 0 Å². The van der Waals surface area contributed by atoms with Gasteiger partial charge in [-0.05, 0) is 61.4 Å². The van der Waals surface area contributed by atoms with Crippen LogP contribution in [0.1, 0.15) is 21.5 Å². The van der Waals surface area contributed by atoms with Crippen molar-refractivity contribution in [1.82, 2.24) is 5.32 Å². The highest BCUT2D eigenvalue weighted by Gasteiger charge is 2.23. The van der Waals surface area contributed by atoms with E-state index < -0.39 is 15.9 Å². The number of nitrogens with zero attached hydrogens (tertiary/aromatic N) is 1. The van der Waals surface area contributed by atoms with E-state index in [9.17, 15) is 18.0 Å². The number of halogens is 1. The standard InChI is InChI=1S/C24H24ClN3O4S/c1-16-7-4-8-17(2)23(16)27-22(29)15-26-24(30)18-9-5-12-21(13-18)33(31,32)28(3)20-11-6-10-19(25)14-20/h4-14H,15H2,1-3H3,(H,26,30)(H,27,29). The van der Waals surface area contributed by atoms with E-state index in [1.54, 1.807) is 18.2 Å². The van der Waals surface area contributed by atoms with E-state index in [0.29, 0.717) is 16.4 Å². The van der Waals surface area contributed by atoms with Crippen LogP contribution in [-0.2, 0) is 14.8 Å². The van der Waals surface area contributed by atoms with E-state index in [4.69, 9.17) is 11.6 Å². The van der Waals surface area contributed by atoms with Crippen molar-refractivity contribution in [3.8, 4) is 0 Å². The molecule has 7 nitrogen and oxygen atoms in total. The number of benzene rings is 3. The summed E-state index contributed by atoms with van der Waals surface area (Å²) in [7, 11) is -2.52. The number of para-hydroxylation sites is 1. The fourth-order valence-corrected chi connectivity index (χ4v) is 4.64. The molecule has 0 aromatic heterocycles. The van der Waals surface area contributed by atoms with Crippen LogP contribution >= 0.6 is 11.6 Å². The fraction of sp³-hybridized carbons (Fsp3) is 0.167. The first-order valence-corrected chi connectivity index (χ1v) is 11.9. The normalized spacial score (nSPS) is 11.0. The van der Waals surface area contributed by atoms with Gasteiger partial charge < -0.3 is 10.6 Å². The predicted molar refractivity (Wildman–Crippen MR) is 130 cm³/mol. The first kappa shape index (κ1) is 24.3. The molecule has 33 heavy (non-hydrogen) atoms. The Labute approximate surface area is 198 Å². The summed E-state index contributed by atoms with van der Waals surface area (Å²) in [6.07, 6.45) is 0. The molecule has 0 unspecified atom stereocenters. The van der Waals surface area contributed by atoms with E-state index in [0.717, 1.165) is 15.4 Å². The van der Waals surface area contributed by atoms with Gasteiger partial charge in [0.25, 0.3) is 15.9 Å². The predicted octanol–water partition coefficient (Wildman–Crippen LogP) is 4.15. The lowest BCUT2D eigenvalue weighted by atomic mass is 10.1. The Kier molecular flexibility index (Phi) is 7.40. The van der Waals surface area contributed by atoms with Gasteiger partial charge in [0.05, 0.1) is 17.1 Å². The van der Waals surface area contributed by atoms with Crippen LogP contribution in [0.2, 0.25) is 5.02 Å². The number of carbonyl (C=O) groups is 2. The second kappa shape index (κ2) is 10.1. The number of aryl methyl sites for hydroxylation is 2. The highest BCUT2D eigenvalue weighted by Crippen LogP contribution is 2.25. The molecule has 0 saturated heterocycles. The van der Waals surface area contributed by atoms with Crippen LogP contribution in [0, 0.1) is 13.8 Å². The smallest absolute Gasteiger partial charge is 0.264 e. The number of rotatable bonds is 7. The van der Waals surface area contributed by atoms with Crippen LogP contribution in [0.4, 0.5) is 11.4 Å². The van der Waals surface area contributed by atoms with Crippen LogP contribution in [0.25, 0.3) is 0 Å². The van der Waals surface area contributed by atoms with Gasteiger partial charge in [-0.15, -0.1) is 0 Å². The van der Waals surface area contributed by atoms with E-state index in [1.165, 1.54) is 37.4 Å². The Morgan fingerprint density at radius 1 is 0.939 bits per heavy atom. The molecule has 0 radical (unpaired) electrons. The number of hydrogen-bond donors (Lipinski definition) is 2. The summed E-state index contributed by atoms with van der Waals surface area (Å²) in [5.74, 6) is -0.945. The summed E-state index contributed by atoms with van der Waals surface area (Å²) >= 11 is 5.97. The first-order valence-electron chi connectivity index (χ1n) is 10.1. The average molecular weight is 486 g/mol. The summed E-state index contributed by atoms with van der Waals surface area (Å²) < 4.78 is 27.2. The number of sulfonamides is 1. The van der Waals surface area contributed by atoms with Crippen molar-refractivity contribution in [1.29, 1.82) is 0 Å². The molecule has 3 aromatic rings. The van der Waals surface area contributed by atoms with Gasteiger partial charge in [0.15, 0.2) is 0 Å². The second-order valence-corrected chi connectivity index (χ2v) is 9.88. The number of hydrogen-bond acceptors (Lipinski definition) is 4. The minimum Gasteiger partial charge on any atom is -0.343 e. The Morgan fingerprint density at radius 2 is 1.58 bits per heavy atom. The van der Waals surface area contributed by atoms with Crippen molar-refractivity contribution < 1.29 is 18.0 Å². The van der Waals surface area contributed by atoms with Crippen molar-refractivity contribution in [2.75, 3.05) is 23.2 Å². The van der Waals surface area contributed by atoms with Crippen molar-refractivity contribution in [3.05, 3.63) is 88.4 Å². The molecule has 0 spiro atoms. The molecule has 0 aliphatic rings. The molecule has 0 heterocycles. The van der Waals surface area contributed by atoms with Gasteiger partial charge in [-0.25, -0.2) is 8.42 Å². The molecule has 0 atom stereocenters. The molecule has 9 heteroatoms. The Morgan fingerprint density at radius 3 is 2.24 bits per heavy atom. The Balaban J connectivity index is 1.71. The molecule has 3 rings (SSSR count). The monoisotopic (exact) mass is 485 g/mol. The first-order chi connectivity index (χ1) is 15.6. The summed E-state index contributed by atoms with van der Waals surface area (Å²) in [4.78, 5) is 24.8. The molecule has 172 valence electrons. The van der Waals surface area contributed by atoms with E-state index in [-0.39, 0.29) is 22.9 Å². The molecule has 0 fully saturated rings. The lowest BCUT2D eigenvalue weighted by Gasteiger charge is -2.20. The summed E-state index contributed by atoms with van der Waals surface area (Å²) in [6.45, 7) is 3.51. The number of nitrogens with one attached hydrogen (secondary N) is 2. The van der Waals surface area contributed by atoms with Crippen molar-refractivity contribution in [3.63, 3.8) is 0 Å². The number of anilines is 2. The van der Waals surface area contributed by atoms with E-state index in [1.807, 2.05) is 32.0 Å². The maximum absolute atomic E-state index is 13.0. The average Bonchev–Trinajstić information content (AvgIpc) is 2.79. The van der Waals surface area contributed by atoms with Gasteiger partial charge >= 0.3 is 0 Å². The van der Waals surface area contributed by atoms with Crippen LogP contribution < -0.4 is 14.9 Å². The second-order valence-electron chi connectivity index (χ2n) is 7.48. The van der Waals surface area contributed by atoms with Crippen LogP contribution in [0.3, 0.4) is 0 Å². The van der Waals surface area contributed by atoms with Crippen LogP contribution in [0.15, 0.2) is 71.6 Å². The molecule has 0 saturated carbocycles. The highest BCUT2D eigenvalue weighted by atomic mass is 35.5. The molecular weight excluding hydrogens is 462 g/mol. The maximum atomic E-state index is 13.0. The zero-order valence-corrected chi connectivity index (χ0v) is 20.0. The third kappa shape index (κ3) is 5.71. The van der Waals surface area contributed by atoms with Gasteiger partial charge in [-0.3, -0.25) is 13.9 Å². The number of amides is 2. The largest absolute Gasteiger partial charge is 0.343 e. The highest BCUT2D eigenvalue weighted by molar-refractivity contribution is 7.92. The minimum atomic E-state index is -3.93. The lowest BCUT2D eigenvalue weighted by Crippen LogP contribution is -2.33. The third-order valence-corrected chi connectivity index (χ3v) is 7.10. The SMILES string of the molecule is Cc1cccc(C)c1NC(=O)CNC(=O)c1cccc(S(=O)(=O)N(C)c2cccc(Cl)c2)c1. The van der Waals surface area contributed by atoms with Crippen molar-refractivity contribution in [2.45, 2.75) is 18.7 Å². The van der Waals surface area contributed by atoms with Crippen molar-refractivity contribution >= 4 is 44.8 Å². The maximum Gasteiger partial charge on any atom is 0.264 e. The van der Waals surface area contributed by atoms with Gasteiger partial charge in [0.2, 0.25) is 5.91 Å². The van der Waals surface area contributed by atoms with Crippen LogP contribution in [-0.4, -0.2) is 33.8 Å². The van der Waals surface area contributed by atoms with Gasteiger partial charge in [-0.2, -0.15) is 0 Å². The summed E-state index contributed by atoms with van der Waals surface area (Å²) in [6, 6.07) is 17.7. The molecule has 2 N–H and O–H groups in total. The molecule has 0 aliphatic heterocycles. The summed E-state index contributed by atoms with van der Waals surface area (Å²) in [5.41, 5.74) is 3.04.